The molecule has 29 heavy (non-hydrogen) atoms. The van der Waals surface area contributed by atoms with E-state index >= 15 is 0 Å². The molecule has 9 heteroatoms. The number of halogens is 2. The van der Waals surface area contributed by atoms with Gasteiger partial charge in [0.15, 0.2) is 0 Å². The van der Waals surface area contributed by atoms with E-state index in [0.29, 0.717) is 5.56 Å². The summed E-state index contributed by atoms with van der Waals surface area (Å²) in [6.45, 7) is 0. The van der Waals surface area contributed by atoms with Gasteiger partial charge in [-0.3, -0.25) is 4.79 Å². The van der Waals surface area contributed by atoms with E-state index in [1.54, 1.807) is 0 Å². The average Bonchev–Trinajstić information content (AvgIpc) is 3.12. The molecule has 0 saturated heterocycles. The normalized spacial score (nSPS) is 15.1. The van der Waals surface area contributed by atoms with E-state index in [1.165, 1.54) is 59.4 Å². The van der Waals surface area contributed by atoms with Crippen LogP contribution in [-0.4, -0.2) is 26.8 Å². The molecule has 1 atom stereocenters. The molecule has 1 aromatic heterocycles. The second-order valence-electron chi connectivity index (χ2n) is 6.32. The number of hydrogen-bond acceptors (Lipinski definition) is 4. The van der Waals surface area contributed by atoms with E-state index in [9.17, 15) is 23.5 Å². The highest BCUT2D eigenvalue weighted by atomic mass is 19.1. The van der Waals surface area contributed by atoms with Gasteiger partial charge in [-0.25, -0.2) is 18.3 Å². The summed E-state index contributed by atoms with van der Waals surface area (Å²) in [5.41, 5.74) is 0.767. The lowest BCUT2D eigenvalue weighted by atomic mass is 10.0. The molecular weight excluding hydrogens is 382 g/mol. The highest BCUT2D eigenvalue weighted by molar-refractivity contribution is 6.08. The maximum Gasteiger partial charge on any atom is 0.352 e. The Labute approximate surface area is 163 Å². The van der Waals surface area contributed by atoms with Crippen LogP contribution in [-0.2, 0) is 4.79 Å². The molecule has 1 aliphatic rings. The first-order chi connectivity index (χ1) is 13.9. The van der Waals surface area contributed by atoms with Crippen molar-refractivity contribution in [2.75, 3.05) is 10.6 Å². The number of carbonyl (C=O) groups excluding carboxylic acids is 1. The van der Waals surface area contributed by atoms with Gasteiger partial charge in [0, 0.05) is 5.69 Å². The Hall–Kier alpha value is -4.01. The number of carboxylic acids is 1. The molecule has 146 valence electrons. The Morgan fingerprint density at radius 1 is 1.10 bits per heavy atom. The zero-order valence-corrected chi connectivity index (χ0v) is 14.8. The summed E-state index contributed by atoms with van der Waals surface area (Å²) >= 11 is 0. The molecule has 0 saturated carbocycles. The third kappa shape index (κ3) is 3.57. The summed E-state index contributed by atoms with van der Waals surface area (Å²) in [6, 6.07) is 10.3. The molecule has 0 bridgehead atoms. The van der Waals surface area contributed by atoms with Crippen LogP contribution in [0.15, 0.2) is 66.5 Å². The fourth-order valence-corrected chi connectivity index (χ4v) is 3.05. The zero-order valence-electron chi connectivity index (χ0n) is 14.8. The molecule has 0 aliphatic carbocycles. The van der Waals surface area contributed by atoms with Crippen molar-refractivity contribution in [1.82, 2.24) is 9.78 Å². The first kappa shape index (κ1) is 18.4. The van der Waals surface area contributed by atoms with Crippen molar-refractivity contribution in [1.29, 1.82) is 0 Å². The Bertz CT molecular complexity index is 1140. The number of aromatic nitrogens is 2. The van der Waals surface area contributed by atoms with Gasteiger partial charge in [-0.15, -0.1) is 0 Å². The smallest absolute Gasteiger partial charge is 0.352 e. The van der Waals surface area contributed by atoms with E-state index in [1.807, 2.05) is 0 Å². The molecule has 7 nitrogen and oxygen atoms in total. The van der Waals surface area contributed by atoms with Gasteiger partial charge in [-0.2, -0.15) is 5.10 Å². The number of nitrogens with zero attached hydrogens (tertiary/aromatic N) is 2. The van der Waals surface area contributed by atoms with Gasteiger partial charge in [0.1, 0.15) is 28.7 Å². The van der Waals surface area contributed by atoms with Crippen LogP contribution in [0.25, 0.3) is 0 Å². The van der Waals surface area contributed by atoms with E-state index in [2.05, 4.69) is 15.7 Å². The Morgan fingerprint density at radius 2 is 1.86 bits per heavy atom. The molecule has 0 radical (unpaired) electrons. The first-order valence-electron chi connectivity index (χ1n) is 8.54. The fourth-order valence-electron chi connectivity index (χ4n) is 3.05. The molecule has 2 heterocycles. The third-order valence-electron chi connectivity index (χ3n) is 4.41. The van der Waals surface area contributed by atoms with Crippen molar-refractivity contribution < 1.29 is 23.5 Å². The van der Waals surface area contributed by atoms with Gasteiger partial charge in [0.25, 0.3) is 5.91 Å². The summed E-state index contributed by atoms with van der Waals surface area (Å²) in [6.07, 6.45) is 2.70. The van der Waals surface area contributed by atoms with Crippen LogP contribution in [0.4, 0.5) is 20.3 Å². The minimum Gasteiger partial charge on any atom is -0.477 e. The Kier molecular flexibility index (Phi) is 4.55. The van der Waals surface area contributed by atoms with Crippen molar-refractivity contribution in [3.63, 3.8) is 0 Å². The van der Waals surface area contributed by atoms with Gasteiger partial charge < -0.3 is 15.7 Å². The average molecular weight is 396 g/mol. The van der Waals surface area contributed by atoms with E-state index in [4.69, 9.17) is 0 Å². The van der Waals surface area contributed by atoms with Gasteiger partial charge in [0.05, 0.1) is 12.2 Å². The topological polar surface area (TPSA) is 96.2 Å². The molecular formula is C20H14F2N4O3. The Balaban J connectivity index is 1.72. The first-order valence-corrected chi connectivity index (χ1v) is 8.54. The zero-order chi connectivity index (χ0) is 20.5. The number of fused-ring (bicyclic) bond motifs is 1. The largest absolute Gasteiger partial charge is 0.477 e. The number of nitrogens with one attached hydrogen (secondary N) is 2. The molecule has 2 aromatic carbocycles. The second kappa shape index (κ2) is 7.19. The van der Waals surface area contributed by atoms with Crippen molar-refractivity contribution in [2.24, 2.45) is 0 Å². The molecule has 3 N–H and O–H groups in total. The van der Waals surface area contributed by atoms with Crippen LogP contribution in [0.2, 0.25) is 0 Å². The van der Waals surface area contributed by atoms with E-state index in [0.717, 1.165) is 6.07 Å². The SMILES string of the molecule is O=C(O)C1=C[C@@H](c2ccc(F)cc2)n2ncc(C(=O)Nc3cccc(F)c3)c2N1. The number of carboxylic acid groups (broad SMARTS) is 1. The summed E-state index contributed by atoms with van der Waals surface area (Å²) < 4.78 is 28.1. The number of benzene rings is 2. The lowest BCUT2D eigenvalue weighted by molar-refractivity contribution is -0.132. The number of anilines is 2. The lowest BCUT2D eigenvalue weighted by Crippen LogP contribution is -2.25. The summed E-state index contributed by atoms with van der Waals surface area (Å²) in [7, 11) is 0. The van der Waals surface area contributed by atoms with Crippen molar-refractivity contribution in [2.45, 2.75) is 6.04 Å². The number of rotatable bonds is 4. The number of aliphatic carboxylic acids is 1. The van der Waals surface area contributed by atoms with Crippen molar-refractivity contribution in [3.8, 4) is 0 Å². The Morgan fingerprint density at radius 3 is 2.55 bits per heavy atom. The van der Waals surface area contributed by atoms with Crippen LogP contribution in [0.1, 0.15) is 22.0 Å². The standard InChI is InChI=1S/C20H14F2N4O3/c21-12-6-4-11(5-7-12)17-9-16(20(28)29)25-18-15(10-23-26(17)18)19(27)24-14-3-1-2-13(22)8-14/h1-10,17,25H,(H,24,27)(H,28,29)/t17-/m0/s1. The molecule has 0 fully saturated rings. The number of allylic oxidation sites excluding steroid dienone is 1. The van der Waals surface area contributed by atoms with Gasteiger partial charge >= 0.3 is 5.97 Å². The monoisotopic (exact) mass is 396 g/mol. The van der Waals surface area contributed by atoms with Crippen LogP contribution in [0.3, 0.4) is 0 Å². The molecule has 4 rings (SSSR count). The molecule has 0 unspecified atom stereocenters. The number of hydrogen-bond donors (Lipinski definition) is 3. The minimum atomic E-state index is -1.22. The van der Waals surface area contributed by atoms with E-state index in [-0.39, 0.29) is 22.8 Å². The van der Waals surface area contributed by atoms with Crippen molar-refractivity contribution in [3.05, 3.63) is 89.3 Å². The minimum absolute atomic E-state index is 0.0771. The molecule has 1 aliphatic heterocycles. The van der Waals surface area contributed by atoms with Crippen molar-refractivity contribution >= 4 is 23.4 Å². The van der Waals surface area contributed by atoms with Crippen LogP contribution in [0.5, 0.6) is 0 Å². The number of amides is 1. The predicted molar refractivity (Wildman–Crippen MR) is 100 cm³/mol. The summed E-state index contributed by atoms with van der Waals surface area (Å²) in [5.74, 6) is -2.59. The predicted octanol–water partition coefficient (Wildman–Crippen LogP) is 3.40. The van der Waals surface area contributed by atoms with Gasteiger partial charge in [0.2, 0.25) is 0 Å². The maximum absolute atomic E-state index is 13.4. The van der Waals surface area contributed by atoms with Gasteiger partial charge in [-0.1, -0.05) is 18.2 Å². The lowest BCUT2D eigenvalue weighted by Gasteiger charge is -2.24. The molecule has 1 amide bonds. The van der Waals surface area contributed by atoms with E-state index < -0.39 is 29.6 Å². The maximum atomic E-state index is 13.4. The fraction of sp³-hybridized carbons (Fsp3) is 0.0500. The molecule has 3 aromatic rings. The second-order valence-corrected chi connectivity index (χ2v) is 6.32. The number of carbonyl (C=O) groups is 2. The van der Waals surface area contributed by atoms with Gasteiger partial charge in [-0.05, 0) is 42.0 Å². The van der Waals surface area contributed by atoms with Crippen LogP contribution >= 0.6 is 0 Å². The summed E-state index contributed by atoms with van der Waals surface area (Å²) in [5, 5.41) is 18.9. The molecule has 0 spiro atoms. The highest BCUT2D eigenvalue weighted by Gasteiger charge is 2.29. The summed E-state index contributed by atoms with van der Waals surface area (Å²) in [4.78, 5) is 24.2. The highest BCUT2D eigenvalue weighted by Crippen LogP contribution is 2.32. The quantitative estimate of drug-likeness (QED) is 0.628. The third-order valence-corrected chi connectivity index (χ3v) is 4.41. The van der Waals surface area contributed by atoms with Crippen LogP contribution < -0.4 is 10.6 Å². The van der Waals surface area contributed by atoms with Crippen LogP contribution in [0, 0.1) is 11.6 Å².